The first-order valence-electron chi connectivity index (χ1n) is 6.93. The van der Waals surface area contributed by atoms with E-state index >= 15 is 0 Å². The molecule has 0 saturated carbocycles. The van der Waals surface area contributed by atoms with Gasteiger partial charge in [0, 0.05) is 23.7 Å². The van der Waals surface area contributed by atoms with Crippen LogP contribution in [0.1, 0.15) is 17.4 Å². The first-order valence-corrected chi connectivity index (χ1v) is 7.81. The van der Waals surface area contributed by atoms with Crippen LogP contribution in [0, 0.1) is 0 Å². The fourth-order valence-corrected chi connectivity index (χ4v) is 3.01. The van der Waals surface area contributed by atoms with Gasteiger partial charge in [-0.15, -0.1) is 11.3 Å². The zero-order valence-corrected chi connectivity index (χ0v) is 12.6. The van der Waals surface area contributed by atoms with Crippen molar-refractivity contribution in [3.63, 3.8) is 0 Å². The van der Waals surface area contributed by atoms with E-state index in [1.165, 1.54) is 4.88 Å². The summed E-state index contributed by atoms with van der Waals surface area (Å²) in [5.74, 6) is 0.787. The number of hydrogen-bond acceptors (Lipinski definition) is 5. The molecule has 0 unspecified atom stereocenters. The summed E-state index contributed by atoms with van der Waals surface area (Å²) >= 11 is 1.72. The molecule has 2 aromatic heterocycles. The minimum atomic E-state index is 0.0325. The molecule has 21 heavy (non-hydrogen) atoms. The highest BCUT2D eigenvalue weighted by Crippen LogP contribution is 2.31. The summed E-state index contributed by atoms with van der Waals surface area (Å²) in [6, 6.07) is 10.0. The van der Waals surface area contributed by atoms with Gasteiger partial charge in [-0.25, -0.2) is 4.98 Å². The van der Waals surface area contributed by atoms with Crippen molar-refractivity contribution in [2.45, 2.75) is 12.5 Å². The molecule has 5 heteroatoms. The van der Waals surface area contributed by atoms with Crippen LogP contribution in [0.2, 0.25) is 0 Å². The highest BCUT2D eigenvalue weighted by Gasteiger charge is 2.16. The zero-order valence-electron chi connectivity index (χ0n) is 11.8. The number of thiophene rings is 1. The molecule has 0 amide bonds. The molecule has 1 N–H and O–H groups in total. The molecule has 3 aromatic rings. The molecule has 0 radical (unpaired) electrons. The molecular weight excluding hydrogens is 282 g/mol. The van der Waals surface area contributed by atoms with Crippen molar-refractivity contribution in [2.75, 3.05) is 13.6 Å². The Morgan fingerprint density at radius 1 is 1.19 bits per heavy atom. The number of ether oxygens (including phenoxy) is 1. The average Bonchev–Trinajstić information content (AvgIpc) is 3.06. The third-order valence-electron chi connectivity index (χ3n) is 3.25. The van der Waals surface area contributed by atoms with Gasteiger partial charge in [-0.1, -0.05) is 12.1 Å². The minimum absolute atomic E-state index is 0.0325. The molecule has 0 saturated heterocycles. The lowest BCUT2D eigenvalue weighted by Crippen LogP contribution is -2.15. The molecule has 0 aliphatic carbocycles. The Morgan fingerprint density at radius 2 is 2.10 bits per heavy atom. The summed E-state index contributed by atoms with van der Waals surface area (Å²) in [5, 5.41) is 5.26. The van der Waals surface area contributed by atoms with Gasteiger partial charge >= 0.3 is 0 Å². The number of nitrogens with one attached hydrogen (secondary N) is 1. The second-order valence-corrected chi connectivity index (χ2v) is 5.67. The molecule has 0 aliphatic heterocycles. The molecule has 1 atom stereocenters. The molecule has 2 heterocycles. The highest BCUT2D eigenvalue weighted by atomic mass is 32.1. The van der Waals surface area contributed by atoms with Crippen LogP contribution >= 0.6 is 11.3 Å². The predicted octanol–water partition coefficient (Wildman–Crippen LogP) is 3.42. The molecule has 0 aliphatic rings. The first kappa shape index (κ1) is 14.0. The molecule has 0 spiro atoms. The lowest BCUT2D eigenvalue weighted by atomic mass is 10.2. The quantitative estimate of drug-likeness (QED) is 0.757. The molecule has 1 aromatic carbocycles. The normalized spacial score (nSPS) is 12.4. The van der Waals surface area contributed by atoms with Gasteiger partial charge in [0.1, 0.15) is 17.4 Å². The van der Waals surface area contributed by atoms with E-state index in [9.17, 15) is 0 Å². The van der Waals surface area contributed by atoms with Crippen molar-refractivity contribution in [1.29, 1.82) is 0 Å². The lowest BCUT2D eigenvalue weighted by Gasteiger charge is -2.18. The van der Waals surface area contributed by atoms with E-state index in [1.54, 1.807) is 23.7 Å². The van der Waals surface area contributed by atoms with Gasteiger partial charge < -0.3 is 10.1 Å². The van der Waals surface area contributed by atoms with Crippen molar-refractivity contribution >= 4 is 22.4 Å². The summed E-state index contributed by atoms with van der Waals surface area (Å²) in [5.41, 5.74) is 1.67. The number of aromatic nitrogens is 2. The van der Waals surface area contributed by atoms with E-state index in [1.807, 2.05) is 25.2 Å². The fraction of sp³-hybridized carbons (Fsp3) is 0.250. The maximum absolute atomic E-state index is 6.24. The maximum Gasteiger partial charge on any atom is 0.148 e. The number of nitrogens with zero attached hydrogens (tertiary/aromatic N) is 2. The van der Waals surface area contributed by atoms with Crippen LogP contribution in [0.15, 0.2) is 48.1 Å². The molecule has 4 nitrogen and oxygen atoms in total. The van der Waals surface area contributed by atoms with Crippen LogP contribution in [-0.4, -0.2) is 23.6 Å². The Bertz CT molecular complexity index is 694. The van der Waals surface area contributed by atoms with Crippen molar-refractivity contribution in [3.8, 4) is 5.75 Å². The van der Waals surface area contributed by atoms with Gasteiger partial charge in [0.15, 0.2) is 0 Å². The molecule has 0 bridgehead atoms. The number of hydrogen-bond donors (Lipinski definition) is 1. The third kappa shape index (κ3) is 3.20. The Morgan fingerprint density at radius 3 is 2.90 bits per heavy atom. The van der Waals surface area contributed by atoms with Crippen LogP contribution in [0.3, 0.4) is 0 Å². The van der Waals surface area contributed by atoms with E-state index in [-0.39, 0.29) is 6.10 Å². The van der Waals surface area contributed by atoms with Gasteiger partial charge in [-0.05, 0) is 37.2 Å². The van der Waals surface area contributed by atoms with Gasteiger partial charge in [0.2, 0.25) is 0 Å². The van der Waals surface area contributed by atoms with Crippen LogP contribution in [0.4, 0.5) is 0 Å². The van der Waals surface area contributed by atoms with E-state index in [0.717, 1.165) is 29.7 Å². The molecular formula is C16H17N3OS. The van der Waals surface area contributed by atoms with Crippen molar-refractivity contribution in [1.82, 2.24) is 15.3 Å². The van der Waals surface area contributed by atoms with Gasteiger partial charge in [-0.3, -0.25) is 4.98 Å². The van der Waals surface area contributed by atoms with Crippen LogP contribution in [-0.2, 0) is 0 Å². The van der Waals surface area contributed by atoms with E-state index < -0.39 is 0 Å². The Kier molecular flexibility index (Phi) is 4.43. The second-order valence-electron chi connectivity index (χ2n) is 4.69. The summed E-state index contributed by atoms with van der Waals surface area (Å²) < 4.78 is 6.24. The predicted molar refractivity (Wildman–Crippen MR) is 85.8 cm³/mol. The standard InChI is InChI=1S/C16H17N3OS/c1-17-8-7-13(15-6-3-11-21-15)20-14-5-2-4-12-16(14)19-10-9-18-12/h2-6,9-11,13,17H,7-8H2,1H3/t13-/m0/s1. The van der Waals surface area contributed by atoms with Gasteiger partial charge in [0.05, 0.1) is 5.52 Å². The molecule has 3 rings (SSSR count). The van der Waals surface area contributed by atoms with Gasteiger partial charge in [-0.2, -0.15) is 0 Å². The smallest absolute Gasteiger partial charge is 0.148 e. The minimum Gasteiger partial charge on any atom is -0.482 e. The Balaban J connectivity index is 1.90. The van der Waals surface area contributed by atoms with Crippen LogP contribution in [0.25, 0.3) is 11.0 Å². The topological polar surface area (TPSA) is 47.0 Å². The monoisotopic (exact) mass is 299 g/mol. The van der Waals surface area contributed by atoms with Crippen molar-refractivity contribution in [2.24, 2.45) is 0 Å². The van der Waals surface area contributed by atoms with Crippen molar-refractivity contribution < 1.29 is 4.74 Å². The largest absolute Gasteiger partial charge is 0.482 e. The lowest BCUT2D eigenvalue weighted by molar-refractivity contribution is 0.201. The second kappa shape index (κ2) is 6.65. The Hall–Kier alpha value is -1.98. The van der Waals surface area contributed by atoms with E-state index in [4.69, 9.17) is 4.74 Å². The third-order valence-corrected chi connectivity index (χ3v) is 4.21. The Labute approximate surface area is 127 Å². The first-order chi connectivity index (χ1) is 10.4. The SMILES string of the molecule is CNCC[C@H](Oc1cccc2nccnc12)c1cccs1. The number of benzene rings is 1. The van der Waals surface area contributed by atoms with Crippen molar-refractivity contribution in [3.05, 3.63) is 53.0 Å². The summed E-state index contributed by atoms with van der Waals surface area (Å²) in [6.45, 7) is 0.902. The number of fused-ring (bicyclic) bond motifs is 1. The van der Waals surface area contributed by atoms with Crippen LogP contribution in [0.5, 0.6) is 5.75 Å². The van der Waals surface area contributed by atoms with Crippen LogP contribution < -0.4 is 10.1 Å². The fourth-order valence-electron chi connectivity index (χ4n) is 2.22. The molecule has 0 fully saturated rings. The summed E-state index contributed by atoms with van der Waals surface area (Å²) in [4.78, 5) is 9.95. The molecule has 108 valence electrons. The summed E-state index contributed by atoms with van der Waals surface area (Å²) in [6.07, 6.45) is 4.34. The van der Waals surface area contributed by atoms with E-state index in [0.29, 0.717) is 0 Å². The maximum atomic E-state index is 6.24. The summed E-state index contributed by atoms with van der Waals surface area (Å²) in [7, 11) is 1.95. The highest BCUT2D eigenvalue weighted by molar-refractivity contribution is 7.10. The zero-order chi connectivity index (χ0) is 14.5. The van der Waals surface area contributed by atoms with Gasteiger partial charge in [0.25, 0.3) is 0 Å². The average molecular weight is 299 g/mol. The van der Waals surface area contributed by atoms with E-state index in [2.05, 4.69) is 32.8 Å². The number of para-hydroxylation sites is 1. The number of rotatable bonds is 6.